The molecule has 1 N–H and O–H groups in total. The van der Waals surface area contributed by atoms with Crippen LogP contribution in [-0.2, 0) is 16.1 Å². The van der Waals surface area contributed by atoms with Crippen molar-refractivity contribution in [3.8, 4) is 11.3 Å². The van der Waals surface area contributed by atoms with Crippen LogP contribution in [0.15, 0.2) is 70.8 Å². The summed E-state index contributed by atoms with van der Waals surface area (Å²) in [6.45, 7) is 3.21. The minimum absolute atomic E-state index is 0.0274. The molecule has 132 valence electrons. The fourth-order valence-electron chi connectivity index (χ4n) is 2.59. The molecule has 0 aliphatic heterocycles. The molecule has 0 atom stereocenters. The maximum absolute atomic E-state index is 12.6. The number of carbonyl (C=O) groups excluding carboxylic acids is 1. The zero-order valence-electron chi connectivity index (χ0n) is 14.6. The van der Waals surface area contributed by atoms with E-state index in [9.17, 15) is 9.90 Å². The highest BCUT2D eigenvalue weighted by molar-refractivity contribution is 6.17. The second kappa shape index (κ2) is 7.70. The van der Waals surface area contributed by atoms with Gasteiger partial charge in [-0.15, -0.1) is 0 Å². The quantitative estimate of drug-likeness (QED) is 0.411. The molecule has 3 aromatic rings. The third kappa shape index (κ3) is 3.83. The van der Waals surface area contributed by atoms with E-state index < -0.39 is 5.97 Å². The van der Waals surface area contributed by atoms with Gasteiger partial charge in [-0.05, 0) is 12.5 Å². The van der Waals surface area contributed by atoms with Crippen molar-refractivity contribution in [2.45, 2.75) is 20.5 Å². The average molecular weight is 349 g/mol. The van der Waals surface area contributed by atoms with Crippen LogP contribution in [0, 0.1) is 6.92 Å². The molecule has 3 rings (SSSR count). The molecule has 0 unspecified atom stereocenters. The van der Waals surface area contributed by atoms with E-state index in [1.807, 2.05) is 60.7 Å². The molecular formula is C21H19NO4. The summed E-state index contributed by atoms with van der Waals surface area (Å²) in [5.74, 6) is -0.251. The molecule has 1 aromatic heterocycles. The standard InChI is InChI=1S/C21H19NO4/c1-14(23)18(21(24)25-13-16-9-5-3-6-10-16)20-19(22-15(2)26-20)17-11-7-4-8-12-17/h3-12,23H,13H2,1-2H3/b18-14-. The maximum Gasteiger partial charge on any atom is 0.345 e. The van der Waals surface area contributed by atoms with Gasteiger partial charge in [0.05, 0.1) is 0 Å². The smallest absolute Gasteiger partial charge is 0.345 e. The number of ether oxygens (including phenoxy) is 1. The molecule has 0 aliphatic rings. The van der Waals surface area contributed by atoms with E-state index in [1.165, 1.54) is 6.92 Å². The van der Waals surface area contributed by atoms with Crippen molar-refractivity contribution in [3.05, 3.63) is 83.6 Å². The van der Waals surface area contributed by atoms with E-state index in [0.717, 1.165) is 11.1 Å². The largest absolute Gasteiger partial charge is 0.512 e. The van der Waals surface area contributed by atoms with E-state index >= 15 is 0 Å². The number of aliphatic hydroxyl groups excluding tert-OH is 1. The number of carbonyl (C=O) groups is 1. The first-order valence-corrected chi connectivity index (χ1v) is 8.20. The molecule has 0 bridgehead atoms. The molecular weight excluding hydrogens is 330 g/mol. The fourth-order valence-corrected chi connectivity index (χ4v) is 2.59. The lowest BCUT2D eigenvalue weighted by Crippen LogP contribution is -2.09. The van der Waals surface area contributed by atoms with Crippen molar-refractivity contribution in [2.75, 3.05) is 0 Å². The van der Waals surface area contributed by atoms with Gasteiger partial charge < -0.3 is 14.3 Å². The van der Waals surface area contributed by atoms with Crippen molar-refractivity contribution in [1.29, 1.82) is 0 Å². The topological polar surface area (TPSA) is 72.6 Å². The van der Waals surface area contributed by atoms with Crippen LogP contribution in [0.3, 0.4) is 0 Å². The van der Waals surface area contributed by atoms with E-state index in [-0.39, 0.29) is 23.7 Å². The number of hydrogen-bond donors (Lipinski definition) is 1. The van der Waals surface area contributed by atoms with Gasteiger partial charge in [-0.1, -0.05) is 60.7 Å². The lowest BCUT2D eigenvalue weighted by molar-refractivity contribution is -0.138. The Morgan fingerprint density at radius 1 is 1.08 bits per heavy atom. The Morgan fingerprint density at radius 3 is 2.31 bits per heavy atom. The Hall–Kier alpha value is -3.34. The monoisotopic (exact) mass is 349 g/mol. The molecule has 5 heteroatoms. The third-order valence-corrected chi connectivity index (χ3v) is 3.79. The predicted octanol–water partition coefficient (Wildman–Crippen LogP) is 4.68. The van der Waals surface area contributed by atoms with E-state index in [0.29, 0.717) is 11.6 Å². The number of aromatic nitrogens is 1. The first-order valence-electron chi connectivity index (χ1n) is 8.20. The van der Waals surface area contributed by atoms with E-state index in [1.54, 1.807) is 6.92 Å². The number of oxazole rings is 1. The Kier molecular flexibility index (Phi) is 5.17. The van der Waals surface area contributed by atoms with Crippen molar-refractivity contribution in [3.63, 3.8) is 0 Å². The summed E-state index contributed by atoms with van der Waals surface area (Å²) < 4.78 is 11.0. The van der Waals surface area contributed by atoms with Crippen LogP contribution in [-0.4, -0.2) is 16.1 Å². The molecule has 0 saturated heterocycles. The van der Waals surface area contributed by atoms with Crippen molar-refractivity contribution in [1.82, 2.24) is 4.98 Å². The van der Waals surface area contributed by atoms with Crippen molar-refractivity contribution >= 4 is 11.5 Å². The third-order valence-electron chi connectivity index (χ3n) is 3.79. The molecule has 2 aromatic carbocycles. The molecule has 0 spiro atoms. The molecule has 0 radical (unpaired) electrons. The normalized spacial score (nSPS) is 11.8. The number of allylic oxidation sites excluding steroid dienone is 1. The minimum atomic E-state index is -0.665. The van der Waals surface area contributed by atoms with Crippen LogP contribution < -0.4 is 0 Å². The van der Waals surface area contributed by atoms with E-state index in [4.69, 9.17) is 9.15 Å². The number of esters is 1. The molecule has 5 nitrogen and oxygen atoms in total. The summed E-state index contributed by atoms with van der Waals surface area (Å²) in [6, 6.07) is 18.7. The Balaban J connectivity index is 1.92. The predicted molar refractivity (Wildman–Crippen MR) is 98.1 cm³/mol. The molecule has 1 heterocycles. The number of aliphatic hydroxyl groups is 1. The Morgan fingerprint density at radius 2 is 1.69 bits per heavy atom. The highest BCUT2D eigenvalue weighted by atomic mass is 16.5. The van der Waals surface area contributed by atoms with Crippen LogP contribution >= 0.6 is 0 Å². The van der Waals surface area contributed by atoms with Crippen LogP contribution in [0.2, 0.25) is 0 Å². The molecule has 0 aliphatic carbocycles. The van der Waals surface area contributed by atoms with Crippen LogP contribution in [0.25, 0.3) is 16.8 Å². The summed E-state index contributed by atoms with van der Waals surface area (Å²) in [5, 5.41) is 10.1. The first kappa shape index (κ1) is 17.5. The Labute approximate surface area is 151 Å². The van der Waals surface area contributed by atoms with Gasteiger partial charge >= 0.3 is 5.97 Å². The van der Waals surface area contributed by atoms with Gasteiger partial charge in [-0.25, -0.2) is 9.78 Å². The van der Waals surface area contributed by atoms with Crippen molar-refractivity contribution in [2.24, 2.45) is 0 Å². The lowest BCUT2D eigenvalue weighted by atomic mass is 10.1. The summed E-state index contributed by atoms with van der Waals surface area (Å²) in [6.07, 6.45) is 0. The first-order chi connectivity index (χ1) is 12.6. The highest BCUT2D eigenvalue weighted by Gasteiger charge is 2.26. The fraction of sp³-hybridized carbons (Fsp3) is 0.143. The number of hydrogen-bond acceptors (Lipinski definition) is 5. The second-order valence-electron chi connectivity index (χ2n) is 5.80. The molecule has 0 fully saturated rings. The number of nitrogens with zero attached hydrogens (tertiary/aromatic N) is 1. The van der Waals surface area contributed by atoms with Crippen LogP contribution in [0.1, 0.15) is 24.1 Å². The number of benzene rings is 2. The Bertz CT molecular complexity index is 923. The van der Waals surface area contributed by atoms with Gasteiger partial charge in [0.1, 0.15) is 23.6 Å². The van der Waals surface area contributed by atoms with E-state index in [2.05, 4.69) is 4.98 Å². The SMILES string of the molecule is C/C(O)=C(/C(=O)OCc1ccccc1)c1oc(C)nc1-c1ccccc1. The van der Waals surface area contributed by atoms with Crippen LogP contribution in [0.4, 0.5) is 0 Å². The van der Waals surface area contributed by atoms with Gasteiger partial charge in [-0.3, -0.25) is 0 Å². The molecule has 0 amide bonds. The summed E-state index contributed by atoms with van der Waals surface area (Å²) in [5.41, 5.74) is 2.10. The summed E-state index contributed by atoms with van der Waals surface area (Å²) >= 11 is 0. The maximum atomic E-state index is 12.6. The second-order valence-corrected chi connectivity index (χ2v) is 5.80. The zero-order valence-corrected chi connectivity index (χ0v) is 14.6. The van der Waals surface area contributed by atoms with Gasteiger partial charge in [0, 0.05) is 12.5 Å². The summed E-state index contributed by atoms with van der Waals surface area (Å²) in [4.78, 5) is 17.0. The lowest BCUT2D eigenvalue weighted by Gasteiger charge is -2.09. The zero-order chi connectivity index (χ0) is 18.5. The van der Waals surface area contributed by atoms with Crippen LogP contribution in [0.5, 0.6) is 0 Å². The number of rotatable bonds is 5. The number of aryl methyl sites for hydroxylation is 1. The average Bonchev–Trinajstić information content (AvgIpc) is 3.02. The van der Waals surface area contributed by atoms with Gasteiger partial charge in [0.2, 0.25) is 0 Å². The van der Waals surface area contributed by atoms with Gasteiger partial charge in [0.15, 0.2) is 11.7 Å². The summed E-state index contributed by atoms with van der Waals surface area (Å²) in [7, 11) is 0. The minimum Gasteiger partial charge on any atom is -0.512 e. The van der Waals surface area contributed by atoms with Gasteiger partial charge in [-0.2, -0.15) is 0 Å². The van der Waals surface area contributed by atoms with Gasteiger partial charge in [0.25, 0.3) is 0 Å². The highest BCUT2D eigenvalue weighted by Crippen LogP contribution is 2.31. The molecule has 0 saturated carbocycles. The molecule has 26 heavy (non-hydrogen) atoms. The van der Waals surface area contributed by atoms with Crippen molar-refractivity contribution < 1.29 is 19.1 Å².